The van der Waals surface area contributed by atoms with E-state index in [4.69, 9.17) is 0 Å². The highest BCUT2D eigenvalue weighted by Crippen LogP contribution is 2.10. The van der Waals surface area contributed by atoms with Crippen LogP contribution in [0.4, 0.5) is 0 Å². The average molecular weight is 251 g/mol. The zero-order chi connectivity index (χ0) is 13.1. The van der Waals surface area contributed by atoms with E-state index in [2.05, 4.69) is 17.2 Å². The second-order valence-electron chi connectivity index (χ2n) is 5.30. The predicted molar refractivity (Wildman–Crippen MR) is 76.6 cm³/mol. The number of unbranched alkanes of at least 4 members (excludes halogenated alkanes) is 9. The number of nitrogens with zero attached hydrogens (tertiary/aromatic N) is 3. The zero-order valence-electron chi connectivity index (χ0n) is 12.2. The minimum Gasteiger partial charge on any atom is -0.252 e. The van der Waals surface area contributed by atoms with E-state index in [1.165, 1.54) is 64.2 Å². The Bertz CT molecular complexity index is 294. The van der Waals surface area contributed by atoms with Crippen molar-refractivity contribution in [2.24, 2.45) is 0 Å². The summed E-state index contributed by atoms with van der Waals surface area (Å²) in [5.41, 5.74) is 1.02. The molecule has 0 amide bonds. The van der Waals surface area contributed by atoms with Crippen molar-refractivity contribution in [1.82, 2.24) is 15.0 Å². The van der Waals surface area contributed by atoms with E-state index in [-0.39, 0.29) is 0 Å². The third-order valence-electron chi connectivity index (χ3n) is 3.39. The molecular weight excluding hydrogens is 222 g/mol. The summed E-state index contributed by atoms with van der Waals surface area (Å²) in [4.78, 5) is 0. The first-order chi connectivity index (χ1) is 8.83. The molecule has 0 aliphatic carbocycles. The van der Waals surface area contributed by atoms with Gasteiger partial charge in [0, 0.05) is 12.7 Å². The first kappa shape index (κ1) is 15.2. The average Bonchev–Trinajstić information content (AvgIpc) is 2.77. The number of aromatic nitrogens is 3. The standard InChI is InChI=1S/C15H29N3/c1-3-4-5-6-7-8-9-10-11-12-13-18-14-15(2)16-17-18/h14H,3-13H2,1-2H3. The van der Waals surface area contributed by atoms with Crippen molar-refractivity contribution in [2.75, 3.05) is 0 Å². The third kappa shape index (κ3) is 7.46. The molecule has 0 radical (unpaired) electrons. The Kier molecular flexibility index (Phi) is 8.53. The van der Waals surface area contributed by atoms with Crippen molar-refractivity contribution in [1.29, 1.82) is 0 Å². The lowest BCUT2D eigenvalue weighted by molar-refractivity contribution is 0.507. The van der Waals surface area contributed by atoms with Gasteiger partial charge in [-0.15, -0.1) is 5.10 Å². The zero-order valence-corrected chi connectivity index (χ0v) is 12.2. The maximum Gasteiger partial charge on any atom is 0.0796 e. The monoisotopic (exact) mass is 251 g/mol. The van der Waals surface area contributed by atoms with Gasteiger partial charge in [-0.25, -0.2) is 0 Å². The SMILES string of the molecule is CCCCCCCCCCCCn1cc(C)nn1. The van der Waals surface area contributed by atoms with E-state index in [0.717, 1.165) is 12.2 Å². The molecule has 0 saturated heterocycles. The highest BCUT2D eigenvalue weighted by Gasteiger charge is 1.96. The van der Waals surface area contributed by atoms with Crippen LogP contribution in [0.25, 0.3) is 0 Å². The Morgan fingerprint density at radius 3 is 1.94 bits per heavy atom. The second kappa shape index (κ2) is 10.1. The second-order valence-corrected chi connectivity index (χ2v) is 5.30. The molecule has 1 rings (SSSR count). The van der Waals surface area contributed by atoms with Gasteiger partial charge in [-0.1, -0.05) is 69.9 Å². The molecule has 0 aliphatic rings. The summed E-state index contributed by atoms with van der Waals surface area (Å²) in [6.45, 7) is 5.29. The minimum atomic E-state index is 1.02. The Morgan fingerprint density at radius 1 is 0.889 bits per heavy atom. The normalized spacial score (nSPS) is 11.0. The summed E-state index contributed by atoms with van der Waals surface area (Å²) >= 11 is 0. The van der Waals surface area contributed by atoms with Crippen molar-refractivity contribution >= 4 is 0 Å². The molecule has 1 aromatic heterocycles. The summed E-state index contributed by atoms with van der Waals surface area (Å²) in [6, 6.07) is 0. The summed E-state index contributed by atoms with van der Waals surface area (Å²) in [6.07, 6.45) is 15.9. The molecule has 0 aromatic carbocycles. The van der Waals surface area contributed by atoms with Crippen LogP contribution >= 0.6 is 0 Å². The molecule has 0 aliphatic heterocycles. The molecule has 104 valence electrons. The number of hydrogen-bond acceptors (Lipinski definition) is 2. The number of rotatable bonds is 11. The Hall–Kier alpha value is -0.860. The summed E-state index contributed by atoms with van der Waals surface area (Å²) in [5, 5.41) is 8.05. The molecule has 0 N–H and O–H groups in total. The Morgan fingerprint density at radius 2 is 1.44 bits per heavy atom. The molecule has 1 aromatic rings. The van der Waals surface area contributed by atoms with Crippen LogP contribution < -0.4 is 0 Å². The molecule has 0 unspecified atom stereocenters. The third-order valence-corrected chi connectivity index (χ3v) is 3.39. The fourth-order valence-corrected chi connectivity index (χ4v) is 2.27. The molecule has 3 heteroatoms. The maximum absolute atomic E-state index is 4.06. The van der Waals surface area contributed by atoms with Gasteiger partial charge >= 0.3 is 0 Å². The topological polar surface area (TPSA) is 30.7 Å². The highest BCUT2D eigenvalue weighted by atomic mass is 15.4. The van der Waals surface area contributed by atoms with Gasteiger partial charge in [0.05, 0.1) is 5.69 Å². The van der Waals surface area contributed by atoms with Crippen LogP contribution in [0.3, 0.4) is 0 Å². The Labute approximate surface area is 112 Å². The number of hydrogen-bond donors (Lipinski definition) is 0. The van der Waals surface area contributed by atoms with Crippen LogP contribution in [-0.2, 0) is 6.54 Å². The van der Waals surface area contributed by atoms with E-state index in [1.807, 2.05) is 17.8 Å². The van der Waals surface area contributed by atoms with Gasteiger partial charge < -0.3 is 0 Å². The minimum absolute atomic E-state index is 1.02. The fourth-order valence-electron chi connectivity index (χ4n) is 2.27. The van der Waals surface area contributed by atoms with Crippen LogP contribution in [0.2, 0.25) is 0 Å². The molecule has 0 saturated carbocycles. The molecular formula is C15H29N3. The van der Waals surface area contributed by atoms with Crippen molar-refractivity contribution in [3.8, 4) is 0 Å². The summed E-state index contributed by atoms with van der Waals surface area (Å²) in [5.74, 6) is 0. The van der Waals surface area contributed by atoms with Gasteiger partial charge in [-0.3, -0.25) is 4.68 Å². The van der Waals surface area contributed by atoms with Crippen molar-refractivity contribution in [2.45, 2.75) is 84.6 Å². The van der Waals surface area contributed by atoms with Crippen molar-refractivity contribution < 1.29 is 0 Å². The van der Waals surface area contributed by atoms with E-state index >= 15 is 0 Å². The number of aryl methyl sites for hydroxylation is 2. The lowest BCUT2D eigenvalue weighted by Gasteiger charge is -2.02. The molecule has 3 nitrogen and oxygen atoms in total. The first-order valence-corrected chi connectivity index (χ1v) is 7.69. The lowest BCUT2D eigenvalue weighted by Crippen LogP contribution is -1.98. The first-order valence-electron chi connectivity index (χ1n) is 7.69. The summed E-state index contributed by atoms with van der Waals surface area (Å²) in [7, 11) is 0. The van der Waals surface area contributed by atoms with Gasteiger partial charge in [-0.2, -0.15) is 0 Å². The van der Waals surface area contributed by atoms with Crippen LogP contribution in [-0.4, -0.2) is 15.0 Å². The smallest absolute Gasteiger partial charge is 0.0796 e. The maximum atomic E-state index is 4.06. The molecule has 1 heterocycles. The molecule has 0 spiro atoms. The van der Waals surface area contributed by atoms with Crippen molar-refractivity contribution in [3.63, 3.8) is 0 Å². The summed E-state index contributed by atoms with van der Waals surface area (Å²) < 4.78 is 1.96. The van der Waals surface area contributed by atoms with Gasteiger partial charge in [0.15, 0.2) is 0 Å². The largest absolute Gasteiger partial charge is 0.252 e. The van der Waals surface area contributed by atoms with Crippen LogP contribution in [0.1, 0.15) is 76.8 Å². The molecule has 0 atom stereocenters. The fraction of sp³-hybridized carbons (Fsp3) is 0.867. The molecule has 18 heavy (non-hydrogen) atoms. The van der Waals surface area contributed by atoms with Crippen LogP contribution in [0.5, 0.6) is 0 Å². The van der Waals surface area contributed by atoms with Gasteiger partial charge in [-0.05, 0) is 13.3 Å². The quantitative estimate of drug-likeness (QED) is 0.542. The van der Waals surface area contributed by atoms with Crippen LogP contribution in [0.15, 0.2) is 6.20 Å². The van der Waals surface area contributed by atoms with E-state index < -0.39 is 0 Å². The highest BCUT2D eigenvalue weighted by molar-refractivity contribution is 4.86. The van der Waals surface area contributed by atoms with E-state index in [1.54, 1.807) is 0 Å². The Balaban J connectivity index is 1.81. The van der Waals surface area contributed by atoms with Gasteiger partial charge in [0.25, 0.3) is 0 Å². The van der Waals surface area contributed by atoms with E-state index in [0.29, 0.717) is 0 Å². The van der Waals surface area contributed by atoms with Crippen LogP contribution in [0, 0.1) is 6.92 Å². The molecule has 0 bridgehead atoms. The van der Waals surface area contributed by atoms with Gasteiger partial charge in [0.1, 0.15) is 0 Å². The lowest BCUT2D eigenvalue weighted by atomic mass is 10.1. The van der Waals surface area contributed by atoms with Crippen molar-refractivity contribution in [3.05, 3.63) is 11.9 Å². The van der Waals surface area contributed by atoms with Gasteiger partial charge in [0.2, 0.25) is 0 Å². The van der Waals surface area contributed by atoms with E-state index in [9.17, 15) is 0 Å². The molecule has 0 fully saturated rings. The predicted octanol–water partition coefficient (Wildman–Crippen LogP) is 4.51.